The van der Waals surface area contributed by atoms with Gasteiger partial charge >= 0.3 is 5.97 Å². The molecule has 5 heteroatoms. The number of halogens is 1. The first-order valence-corrected chi connectivity index (χ1v) is 10.7. The van der Waals surface area contributed by atoms with Gasteiger partial charge in [-0.05, 0) is 24.1 Å². The second-order valence-electron chi connectivity index (χ2n) is 7.53. The monoisotopic (exact) mass is 401 g/mol. The van der Waals surface area contributed by atoms with E-state index >= 15 is 0 Å². The van der Waals surface area contributed by atoms with E-state index in [1.54, 1.807) is 12.1 Å². The first-order chi connectivity index (χ1) is 14.0. The van der Waals surface area contributed by atoms with Gasteiger partial charge in [-0.15, -0.1) is 0 Å². The van der Waals surface area contributed by atoms with Gasteiger partial charge in [0, 0.05) is 12.0 Å². The van der Waals surface area contributed by atoms with Crippen molar-refractivity contribution in [1.29, 1.82) is 0 Å². The lowest BCUT2D eigenvalue weighted by molar-refractivity contribution is -0.133. The summed E-state index contributed by atoms with van der Waals surface area (Å²) in [6.45, 7) is 6.06. The molecule has 0 fully saturated rings. The van der Waals surface area contributed by atoms with Crippen molar-refractivity contribution in [2.45, 2.75) is 71.1 Å². The number of carbonyl (C=O) groups excluding carboxylic acids is 2. The molecular formula is C24H32FNO3. The number of unbranched alkanes of at least 4 members (excludes halogenated alkanes) is 8. The van der Waals surface area contributed by atoms with Crippen LogP contribution >= 0.6 is 0 Å². The summed E-state index contributed by atoms with van der Waals surface area (Å²) in [5, 5.41) is 2.80. The number of rotatable bonds is 13. The number of hydrogen-bond donors (Lipinski definition) is 1. The Morgan fingerprint density at radius 3 is 2.21 bits per heavy atom. The van der Waals surface area contributed by atoms with Gasteiger partial charge in [-0.1, -0.05) is 77.0 Å². The standard InChI is InChI=1S/C24H32FNO3/c1-3-4-5-6-7-8-9-10-11-12-22(27)26-17-21-23(18(2)29-24(21)28)19-13-15-20(25)16-14-19/h13-16H,2-12,17H2,1H3,(H,26,27). The molecule has 0 aromatic heterocycles. The van der Waals surface area contributed by atoms with Gasteiger partial charge in [0.1, 0.15) is 11.6 Å². The van der Waals surface area contributed by atoms with E-state index in [1.807, 2.05) is 0 Å². The molecule has 2 rings (SSSR count). The molecule has 1 N–H and O–H groups in total. The van der Waals surface area contributed by atoms with Crippen LogP contribution in [-0.2, 0) is 14.3 Å². The Morgan fingerprint density at radius 1 is 1.00 bits per heavy atom. The van der Waals surface area contributed by atoms with Crippen LogP contribution in [0.5, 0.6) is 0 Å². The maximum Gasteiger partial charge on any atom is 0.341 e. The van der Waals surface area contributed by atoms with Crippen molar-refractivity contribution in [1.82, 2.24) is 5.32 Å². The number of hydrogen-bond acceptors (Lipinski definition) is 3. The number of nitrogens with one attached hydrogen (secondary N) is 1. The minimum atomic E-state index is -0.516. The molecule has 0 atom stereocenters. The molecule has 0 saturated carbocycles. The van der Waals surface area contributed by atoms with Crippen LogP contribution in [0.4, 0.5) is 4.39 Å². The molecule has 29 heavy (non-hydrogen) atoms. The lowest BCUT2D eigenvalue weighted by atomic mass is 10.00. The Kier molecular flexibility index (Phi) is 9.62. The average molecular weight is 402 g/mol. The molecule has 4 nitrogen and oxygen atoms in total. The van der Waals surface area contributed by atoms with Crippen molar-refractivity contribution < 1.29 is 18.7 Å². The normalized spacial score (nSPS) is 13.7. The summed E-state index contributed by atoms with van der Waals surface area (Å²) in [6.07, 6.45) is 11.2. The fraction of sp³-hybridized carbons (Fsp3) is 0.500. The van der Waals surface area contributed by atoms with Gasteiger partial charge in [0.05, 0.1) is 12.1 Å². The third-order valence-corrected chi connectivity index (χ3v) is 5.15. The highest BCUT2D eigenvalue weighted by Crippen LogP contribution is 2.33. The van der Waals surface area contributed by atoms with E-state index in [1.165, 1.54) is 50.7 Å². The fourth-order valence-electron chi connectivity index (χ4n) is 3.48. The highest BCUT2D eigenvalue weighted by molar-refractivity contribution is 6.07. The molecule has 1 amide bonds. The van der Waals surface area contributed by atoms with Crippen molar-refractivity contribution in [3.8, 4) is 0 Å². The van der Waals surface area contributed by atoms with E-state index in [4.69, 9.17) is 4.74 Å². The average Bonchev–Trinajstić information content (AvgIpc) is 2.98. The Labute approximate surface area is 173 Å². The number of carbonyl (C=O) groups is 2. The van der Waals surface area contributed by atoms with Crippen molar-refractivity contribution in [3.63, 3.8) is 0 Å². The molecule has 0 bridgehead atoms. The number of allylic oxidation sites excluding steroid dienone is 1. The van der Waals surface area contributed by atoms with Crippen molar-refractivity contribution in [2.75, 3.05) is 6.54 Å². The van der Waals surface area contributed by atoms with Crippen LogP contribution in [0, 0.1) is 5.82 Å². The minimum absolute atomic E-state index is 0.0794. The van der Waals surface area contributed by atoms with E-state index in [-0.39, 0.29) is 24.0 Å². The summed E-state index contributed by atoms with van der Waals surface area (Å²) in [7, 11) is 0. The van der Waals surface area contributed by atoms with Crippen LogP contribution in [0.15, 0.2) is 42.2 Å². The van der Waals surface area contributed by atoms with Crippen LogP contribution in [-0.4, -0.2) is 18.4 Å². The van der Waals surface area contributed by atoms with E-state index in [0.717, 1.165) is 19.3 Å². The second-order valence-corrected chi connectivity index (χ2v) is 7.53. The van der Waals surface area contributed by atoms with Crippen molar-refractivity contribution in [2.24, 2.45) is 0 Å². The third kappa shape index (κ3) is 7.48. The van der Waals surface area contributed by atoms with Crippen LogP contribution in [0.3, 0.4) is 0 Å². The maximum absolute atomic E-state index is 13.2. The predicted molar refractivity (Wildman–Crippen MR) is 113 cm³/mol. The molecule has 0 saturated heterocycles. The van der Waals surface area contributed by atoms with Gasteiger partial charge in [0.2, 0.25) is 5.91 Å². The maximum atomic E-state index is 13.2. The Hall–Kier alpha value is -2.43. The van der Waals surface area contributed by atoms with Crippen molar-refractivity contribution in [3.05, 3.63) is 53.6 Å². The SMILES string of the molecule is C=C1OC(=O)C(CNC(=O)CCCCCCCCCCC)=C1c1ccc(F)cc1. The summed E-state index contributed by atoms with van der Waals surface area (Å²) < 4.78 is 18.3. The Bertz CT molecular complexity index is 737. The number of ether oxygens (including phenoxy) is 1. The molecule has 0 aliphatic carbocycles. The lowest BCUT2D eigenvalue weighted by Crippen LogP contribution is -2.27. The fourth-order valence-corrected chi connectivity index (χ4v) is 3.48. The number of cyclic esters (lactones) is 1. The van der Waals surface area contributed by atoms with Gasteiger partial charge in [0.15, 0.2) is 0 Å². The molecule has 1 aliphatic heterocycles. The van der Waals surface area contributed by atoms with E-state index in [9.17, 15) is 14.0 Å². The van der Waals surface area contributed by atoms with Crippen LogP contribution < -0.4 is 5.32 Å². The first kappa shape index (κ1) is 22.9. The molecule has 1 aromatic carbocycles. The molecule has 0 radical (unpaired) electrons. The quantitative estimate of drug-likeness (QED) is 0.341. The number of benzene rings is 1. The topological polar surface area (TPSA) is 55.4 Å². The summed E-state index contributed by atoms with van der Waals surface area (Å²) >= 11 is 0. The molecule has 0 spiro atoms. The van der Waals surface area contributed by atoms with E-state index in [0.29, 0.717) is 23.1 Å². The van der Waals surface area contributed by atoms with Gasteiger partial charge in [-0.3, -0.25) is 4.79 Å². The highest BCUT2D eigenvalue weighted by Gasteiger charge is 2.29. The second kappa shape index (κ2) is 12.2. The van der Waals surface area contributed by atoms with E-state index < -0.39 is 5.97 Å². The van der Waals surface area contributed by atoms with Gasteiger partial charge < -0.3 is 10.1 Å². The molecule has 158 valence electrons. The van der Waals surface area contributed by atoms with Crippen LogP contribution in [0.2, 0.25) is 0 Å². The smallest absolute Gasteiger partial charge is 0.341 e. The predicted octanol–water partition coefficient (Wildman–Crippen LogP) is 5.69. The van der Waals surface area contributed by atoms with Gasteiger partial charge in [-0.2, -0.15) is 0 Å². The number of amides is 1. The first-order valence-electron chi connectivity index (χ1n) is 10.7. The Morgan fingerprint density at radius 2 is 1.59 bits per heavy atom. The van der Waals surface area contributed by atoms with Gasteiger partial charge in [0.25, 0.3) is 0 Å². The van der Waals surface area contributed by atoms with Crippen LogP contribution in [0.1, 0.15) is 76.7 Å². The zero-order valence-electron chi connectivity index (χ0n) is 17.4. The summed E-state index contributed by atoms with van der Waals surface area (Å²) in [6, 6.07) is 5.78. The molecule has 1 aliphatic rings. The highest BCUT2D eigenvalue weighted by atomic mass is 19.1. The minimum Gasteiger partial charge on any atom is -0.423 e. The lowest BCUT2D eigenvalue weighted by Gasteiger charge is -2.07. The zero-order valence-corrected chi connectivity index (χ0v) is 17.4. The third-order valence-electron chi connectivity index (χ3n) is 5.15. The van der Waals surface area contributed by atoms with Gasteiger partial charge in [-0.25, -0.2) is 9.18 Å². The molecule has 0 unspecified atom stereocenters. The molecular weight excluding hydrogens is 369 g/mol. The molecule has 1 heterocycles. The molecule has 1 aromatic rings. The summed E-state index contributed by atoms with van der Waals surface area (Å²) in [5.41, 5.74) is 1.52. The number of esters is 1. The van der Waals surface area contributed by atoms with Crippen molar-refractivity contribution >= 4 is 17.4 Å². The largest absolute Gasteiger partial charge is 0.423 e. The summed E-state index contributed by atoms with van der Waals surface area (Å²) in [4.78, 5) is 24.2. The Balaban J connectivity index is 1.74. The van der Waals surface area contributed by atoms with E-state index in [2.05, 4.69) is 18.8 Å². The summed E-state index contributed by atoms with van der Waals surface area (Å²) in [5.74, 6) is -0.729. The van der Waals surface area contributed by atoms with Crippen LogP contribution in [0.25, 0.3) is 5.57 Å². The zero-order chi connectivity index (χ0) is 21.1.